The van der Waals surface area contributed by atoms with Crippen molar-refractivity contribution in [1.29, 1.82) is 0 Å². The summed E-state index contributed by atoms with van der Waals surface area (Å²) >= 11 is 1.42. The Labute approximate surface area is 154 Å². The smallest absolute Gasteiger partial charge is 0.326 e. The maximum absolute atomic E-state index is 13.0. The second-order valence-electron chi connectivity index (χ2n) is 6.74. The van der Waals surface area contributed by atoms with Crippen molar-refractivity contribution in [3.05, 3.63) is 51.4 Å². The van der Waals surface area contributed by atoms with Crippen LogP contribution in [0.25, 0.3) is 21.3 Å². The number of rotatable bonds is 4. The van der Waals surface area contributed by atoms with Crippen LogP contribution in [0.1, 0.15) is 43.4 Å². The third-order valence-corrected chi connectivity index (χ3v) is 6.07. The standard InChI is InChI=1S/C20H20N2O3S/c1-2-16(20(24)25)22-11-21-18-17(19(22)23)15(10-26-18)14-8-7-12-5-3-4-6-13(12)9-14/h7-11,16H,2-6H2,1H3,(H,24,25). The lowest BCUT2D eigenvalue weighted by atomic mass is 9.89. The average molecular weight is 368 g/mol. The van der Waals surface area contributed by atoms with Gasteiger partial charge in [0, 0.05) is 10.9 Å². The maximum atomic E-state index is 13.0. The predicted molar refractivity (Wildman–Crippen MR) is 103 cm³/mol. The minimum Gasteiger partial charge on any atom is -0.480 e. The number of fused-ring (bicyclic) bond motifs is 2. The van der Waals surface area contributed by atoms with Gasteiger partial charge in [0.1, 0.15) is 10.9 Å². The van der Waals surface area contributed by atoms with E-state index in [1.807, 2.05) is 5.38 Å². The van der Waals surface area contributed by atoms with Gasteiger partial charge in [0.05, 0.1) is 11.7 Å². The highest BCUT2D eigenvalue weighted by molar-refractivity contribution is 7.17. The van der Waals surface area contributed by atoms with Crippen molar-refractivity contribution in [2.75, 3.05) is 0 Å². The van der Waals surface area contributed by atoms with Gasteiger partial charge in [-0.15, -0.1) is 11.3 Å². The zero-order chi connectivity index (χ0) is 18.3. The van der Waals surface area contributed by atoms with Crippen LogP contribution >= 0.6 is 11.3 Å². The van der Waals surface area contributed by atoms with E-state index >= 15 is 0 Å². The third-order valence-electron chi connectivity index (χ3n) is 5.19. The van der Waals surface area contributed by atoms with Gasteiger partial charge < -0.3 is 5.11 Å². The Morgan fingerprint density at radius 1 is 1.31 bits per heavy atom. The number of aliphatic carboxylic acids is 1. The molecule has 134 valence electrons. The molecular weight excluding hydrogens is 348 g/mol. The van der Waals surface area contributed by atoms with E-state index in [1.54, 1.807) is 6.92 Å². The Balaban J connectivity index is 1.89. The zero-order valence-electron chi connectivity index (χ0n) is 14.6. The summed E-state index contributed by atoms with van der Waals surface area (Å²) in [6, 6.07) is 5.52. The lowest BCUT2D eigenvalue weighted by Crippen LogP contribution is -2.29. The molecule has 1 atom stereocenters. The Morgan fingerprint density at radius 2 is 2.08 bits per heavy atom. The number of nitrogens with zero attached hydrogens (tertiary/aromatic N) is 2. The van der Waals surface area contributed by atoms with E-state index in [-0.39, 0.29) is 5.56 Å². The average Bonchev–Trinajstić information content (AvgIpc) is 3.08. The molecule has 26 heavy (non-hydrogen) atoms. The van der Waals surface area contributed by atoms with Crippen LogP contribution in [-0.4, -0.2) is 20.6 Å². The van der Waals surface area contributed by atoms with E-state index in [0.717, 1.165) is 24.0 Å². The molecule has 6 heteroatoms. The molecule has 1 aromatic carbocycles. The van der Waals surface area contributed by atoms with Crippen molar-refractivity contribution in [3.63, 3.8) is 0 Å². The van der Waals surface area contributed by atoms with Gasteiger partial charge >= 0.3 is 5.97 Å². The fourth-order valence-corrected chi connectivity index (χ4v) is 4.68. The molecule has 1 unspecified atom stereocenters. The third kappa shape index (κ3) is 2.74. The van der Waals surface area contributed by atoms with Crippen LogP contribution in [0.4, 0.5) is 0 Å². The second-order valence-corrected chi connectivity index (χ2v) is 7.60. The summed E-state index contributed by atoms with van der Waals surface area (Å²) < 4.78 is 1.25. The van der Waals surface area contributed by atoms with Crippen molar-refractivity contribution in [2.45, 2.75) is 45.1 Å². The number of aryl methyl sites for hydroxylation is 2. The van der Waals surface area contributed by atoms with Crippen molar-refractivity contribution < 1.29 is 9.90 Å². The quantitative estimate of drug-likeness (QED) is 0.754. The number of aromatic nitrogens is 2. The van der Waals surface area contributed by atoms with Crippen LogP contribution < -0.4 is 5.56 Å². The van der Waals surface area contributed by atoms with E-state index in [4.69, 9.17) is 0 Å². The van der Waals surface area contributed by atoms with Gasteiger partial charge in [0.15, 0.2) is 0 Å². The molecule has 3 aromatic rings. The lowest BCUT2D eigenvalue weighted by Gasteiger charge is -2.16. The molecule has 0 aliphatic heterocycles. The number of carboxylic acids is 1. The van der Waals surface area contributed by atoms with Gasteiger partial charge in [-0.25, -0.2) is 9.78 Å². The van der Waals surface area contributed by atoms with E-state index in [2.05, 4.69) is 23.2 Å². The normalized spacial score (nSPS) is 15.0. The van der Waals surface area contributed by atoms with E-state index in [9.17, 15) is 14.7 Å². The first-order chi connectivity index (χ1) is 12.6. The fourth-order valence-electron chi connectivity index (χ4n) is 3.77. The fraction of sp³-hybridized carbons (Fsp3) is 0.350. The molecule has 0 spiro atoms. The molecule has 1 aliphatic rings. The number of hydrogen-bond acceptors (Lipinski definition) is 4. The summed E-state index contributed by atoms with van der Waals surface area (Å²) in [4.78, 5) is 29.5. The second kappa shape index (κ2) is 6.68. The van der Waals surface area contributed by atoms with Crippen LogP contribution in [0.3, 0.4) is 0 Å². The van der Waals surface area contributed by atoms with Gasteiger partial charge in [-0.3, -0.25) is 9.36 Å². The Morgan fingerprint density at radius 3 is 2.81 bits per heavy atom. The first kappa shape index (κ1) is 17.0. The SMILES string of the molecule is CCC(C(=O)O)n1cnc2scc(-c3ccc4c(c3)CCCC4)c2c1=O. The monoisotopic (exact) mass is 368 g/mol. The van der Waals surface area contributed by atoms with Crippen molar-refractivity contribution in [2.24, 2.45) is 0 Å². The summed E-state index contributed by atoms with van der Waals surface area (Å²) in [5, 5.41) is 11.9. The molecule has 4 rings (SSSR count). The zero-order valence-corrected chi connectivity index (χ0v) is 15.4. The minimum absolute atomic E-state index is 0.279. The molecule has 2 heterocycles. The molecule has 0 fully saturated rings. The molecule has 0 saturated heterocycles. The van der Waals surface area contributed by atoms with Gasteiger partial charge in [0.25, 0.3) is 5.56 Å². The Bertz CT molecular complexity index is 1050. The van der Waals surface area contributed by atoms with Crippen LogP contribution in [0.2, 0.25) is 0 Å². The summed E-state index contributed by atoms with van der Waals surface area (Å²) in [6.07, 6.45) is 6.32. The summed E-state index contributed by atoms with van der Waals surface area (Å²) in [6.45, 7) is 1.76. The maximum Gasteiger partial charge on any atom is 0.326 e. The van der Waals surface area contributed by atoms with Crippen LogP contribution in [-0.2, 0) is 17.6 Å². The van der Waals surface area contributed by atoms with Crippen molar-refractivity contribution in [1.82, 2.24) is 9.55 Å². The number of carbonyl (C=O) groups is 1. The number of hydrogen-bond donors (Lipinski definition) is 1. The summed E-state index contributed by atoms with van der Waals surface area (Å²) in [5.41, 5.74) is 4.34. The van der Waals surface area contributed by atoms with E-state index in [0.29, 0.717) is 16.6 Å². The molecule has 0 radical (unpaired) electrons. The van der Waals surface area contributed by atoms with Gasteiger partial charge in [-0.1, -0.05) is 25.1 Å². The van der Waals surface area contributed by atoms with Crippen LogP contribution in [0.5, 0.6) is 0 Å². The molecular formula is C20H20N2O3S. The molecule has 0 saturated carbocycles. The van der Waals surface area contributed by atoms with E-state index in [1.165, 1.54) is 46.2 Å². The molecule has 5 nitrogen and oxygen atoms in total. The van der Waals surface area contributed by atoms with Gasteiger partial charge in [-0.05, 0) is 48.8 Å². The van der Waals surface area contributed by atoms with Crippen LogP contribution in [0.15, 0.2) is 34.7 Å². The van der Waals surface area contributed by atoms with Gasteiger partial charge in [-0.2, -0.15) is 0 Å². The molecule has 0 amide bonds. The summed E-state index contributed by atoms with van der Waals surface area (Å²) in [5.74, 6) is -1.01. The highest BCUT2D eigenvalue weighted by atomic mass is 32.1. The summed E-state index contributed by atoms with van der Waals surface area (Å²) in [7, 11) is 0. The van der Waals surface area contributed by atoms with Gasteiger partial charge in [0.2, 0.25) is 0 Å². The highest BCUT2D eigenvalue weighted by Gasteiger charge is 2.22. The topological polar surface area (TPSA) is 72.2 Å². The first-order valence-electron chi connectivity index (χ1n) is 8.93. The first-order valence-corrected chi connectivity index (χ1v) is 9.81. The molecule has 1 aliphatic carbocycles. The lowest BCUT2D eigenvalue weighted by molar-refractivity contribution is -0.141. The minimum atomic E-state index is -1.01. The Kier molecular flexibility index (Phi) is 4.36. The molecule has 2 aromatic heterocycles. The van der Waals surface area contributed by atoms with Crippen molar-refractivity contribution >= 4 is 27.5 Å². The van der Waals surface area contributed by atoms with E-state index < -0.39 is 12.0 Å². The molecule has 1 N–H and O–H groups in total. The number of thiophene rings is 1. The van der Waals surface area contributed by atoms with Crippen LogP contribution in [0, 0.1) is 0 Å². The molecule has 0 bridgehead atoms. The highest BCUT2D eigenvalue weighted by Crippen LogP contribution is 2.33. The predicted octanol–water partition coefficient (Wildman–Crippen LogP) is 4.04. The van der Waals surface area contributed by atoms with Crippen molar-refractivity contribution in [3.8, 4) is 11.1 Å². The Hall–Kier alpha value is -2.47. The number of benzene rings is 1. The largest absolute Gasteiger partial charge is 0.480 e. The number of carboxylic acid groups (broad SMARTS) is 1.